The molecule has 5 rings (SSSR count). The van der Waals surface area contributed by atoms with Gasteiger partial charge in [-0.25, -0.2) is 4.31 Å². The van der Waals surface area contributed by atoms with E-state index in [1.165, 1.54) is 0 Å². The molecule has 0 saturated carbocycles. The van der Waals surface area contributed by atoms with E-state index in [0.717, 1.165) is 65.2 Å². The molecule has 3 heterocycles. The highest BCUT2D eigenvalue weighted by atomic mass is 35.5. The van der Waals surface area contributed by atoms with Crippen molar-refractivity contribution in [1.29, 1.82) is 0 Å². The molecule has 0 aliphatic carbocycles. The summed E-state index contributed by atoms with van der Waals surface area (Å²) >= 11 is 7.85. The predicted molar refractivity (Wildman–Crippen MR) is 156 cm³/mol. The Balaban J connectivity index is 0.00000156. The summed E-state index contributed by atoms with van der Waals surface area (Å²) in [6.45, 7) is 12.2. The molecule has 1 amide bonds. The van der Waals surface area contributed by atoms with Gasteiger partial charge in [0.1, 0.15) is 6.04 Å². The molecule has 37 heavy (non-hydrogen) atoms. The van der Waals surface area contributed by atoms with E-state index in [4.69, 9.17) is 11.6 Å². The lowest BCUT2D eigenvalue weighted by Gasteiger charge is -2.38. The lowest BCUT2D eigenvalue weighted by atomic mass is 10.0. The summed E-state index contributed by atoms with van der Waals surface area (Å²) in [6.07, 6.45) is 6.65. The maximum absolute atomic E-state index is 13.7. The van der Waals surface area contributed by atoms with Crippen molar-refractivity contribution >= 4 is 40.2 Å². The maximum Gasteiger partial charge on any atom is 0.241 e. The van der Waals surface area contributed by atoms with Crippen LogP contribution in [0.5, 0.6) is 0 Å². The van der Waals surface area contributed by atoms with Crippen LogP contribution in [0.15, 0.2) is 65.8 Å². The van der Waals surface area contributed by atoms with Crippen molar-refractivity contribution in [1.82, 2.24) is 19.1 Å². The van der Waals surface area contributed by atoms with Crippen LogP contribution in [-0.2, 0) is 11.3 Å². The van der Waals surface area contributed by atoms with Crippen molar-refractivity contribution in [3.05, 3.63) is 71.5 Å². The molecule has 7 heteroatoms. The van der Waals surface area contributed by atoms with E-state index in [-0.39, 0.29) is 11.9 Å². The lowest BCUT2D eigenvalue weighted by Crippen LogP contribution is -2.49. The van der Waals surface area contributed by atoms with Gasteiger partial charge in [0.05, 0.1) is 0 Å². The van der Waals surface area contributed by atoms with Crippen LogP contribution in [0.4, 0.5) is 0 Å². The fraction of sp³-hybridized carbons (Fsp3) is 0.467. The van der Waals surface area contributed by atoms with Crippen LogP contribution in [0.2, 0.25) is 5.02 Å². The van der Waals surface area contributed by atoms with Gasteiger partial charge in [0.25, 0.3) is 0 Å². The van der Waals surface area contributed by atoms with Gasteiger partial charge in [0.2, 0.25) is 5.91 Å². The van der Waals surface area contributed by atoms with Gasteiger partial charge in [-0.2, -0.15) is 0 Å². The number of carbonyl (C=O) groups is 1. The average molecular weight is 539 g/mol. The quantitative estimate of drug-likeness (QED) is 0.306. The monoisotopic (exact) mass is 538 g/mol. The Morgan fingerprint density at radius 1 is 0.973 bits per heavy atom. The molecule has 0 unspecified atom stereocenters. The van der Waals surface area contributed by atoms with Gasteiger partial charge in [-0.15, -0.1) is 0 Å². The van der Waals surface area contributed by atoms with Crippen LogP contribution in [0.25, 0.3) is 10.8 Å². The second-order valence-corrected chi connectivity index (χ2v) is 11.4. The highest BCUT2D eigenvalue weighted by molar-refractivity contribution is 7.97. The predicted octanol–water partition coefficient (Wildman–Crippen LogP) is 6.90. The zero-order chi connectivity index (χ0) is 26.4. The Morgan fingerprint density at radius 2 is 1.65 bits per heavy atom. The zero-order valence-electron chi connectivity index (χ0n) is 22.4. The minimum absolute atomic E-state index is 0.128. The summed E-state index contributed by atoms with van der Waals surface area (Å²) in [6, 6.07) is 17.3. The summed E-state index contributed by atoms with van der Waals surface area (Å²) in [4.78, 5) is 23.7. The Kier molecular flexibility index (Phi) is 9.88. The van der Waals surface area contributed by atoms with Crippen molar-refractivity contribution in [2.75, 3.05) is 19.6 Å². The lowest BCUT2D eigenvalue weighted by molar-refractivity contribution is -0.133. The van der Waals surface area contributed by atoms with Crippen LogP contribution >= 0.6 is 23.5 Å². The normalized spacial score (nSPS) is 19.1. The first kappa shape index (κ1) is 27.9. The molecule has 1 aromatic heterocycles. The number of amides is 1. The van der Waals surface area contributed by atoms with Crippen LogP contribution in [-0.4, -0.2) is 62.8 Å². The number of halogens is 1. The average Bonchev–Trinajstić information content (AvgIpc) is 3.31. The fourth-order valence-electron chi connectivity index (χ4n) is 5.29. The van der Waals surface area contributed by atoms with Gasteiger partial charge >= 0.3 is 0 Å². The third-order valence-corrected chi connectivity index (χ3v) is 8.63. The summed E-state index contributed by atoms with van der Waals surface area (Å²) < 4.78 is 2.28. The molecule has 0 bridgehead atoms. The number of pyridine rings is 1. The number of likely N-dealkylation sites (tertiary alicyclic amines) is 2. The molecular formula is C30H39ClN4OS. The van der Waals surface area contributed by atoms with E-state index in [1.807, 2.05) is 50.5 Å². The molecule has 2 aromatic carbocycles. The molecule has 2 fully saturated rings. The molecule has 0 N–H and O–H groups in total. The standard InChI is InChI=1S/C28H33ClN4OS.C2H6/c1-20(2)31-14-9-25(10-15-31)32-16-11-27(28(32)34)33(19-21-7-12-30-13-8-21)35-26-6-4-22-17-24(29)5-3-23(22)18-26;1-2/h3-8,12-13,17-18,20,25,27H,9-11,14-16,19H2,1-2H3;1-2H3/t27-;/m0./s1. The Bertz CT molecular complexity index is 1170. The second kappa shape index (κ2) is 13.1. The largest absolute Gasteiger partial charge is 0.338 e. The third-order valence-electron chi connectivity index (χ3n) is 7.31. The summed E-state index contributed by atoms with van der Waals surface area (Å²) in [5.74, 6) is 0.280. The number of rotatable bonds is 7. The van der Waals surface area contributed by atoms with Crippen LogP contribution in [0.1, 0.15) is 52.5 Å². The number of aromatic nitrogens is 1. The number of carbonyl (C=O) groups excluding carboxylic acids is 1. The second-order valence-electron chi connectivity index (χ2n) is 9.87. The van der Waals surface area contributed by atoms with E-state index in [1.54, 1.807) is 11.9 Å². The molecule has 0 radical (unpaired) electrons. The van der Waals surface area contributed by atoms with Gasteiger partial charge in [-0.3, -0.25) is 9.78 Å². The number of hydrogen-bond donors (Lipinski definition) is 0. The smallest absolute Gasteiger partial charge is 0.241 e. The van der Waals surface area contributed by atoms with Crippen molar-refractivity contribution in [3.8, 4) is 0 Å². The van der Waals surface area contributed by atoms with Gasteiger partial charge in [0.15, 0.2) is 0 Å². The molecule has 2 saturated heterocycles. The SMILES string of the molecule is CC.CC(C)N1CCC(N2CC[C@H](N(Cc3ccncc3)Sc3ccc4cc(Cl)ccc4c3)C2=O)CC1. The third kappa shape index (κ3) is 6.85. The molecule has 2 aliphatic heterocycles. The molecule has 2 aliphatic rings. The highest BCUT2D eigenvalue weighted by Crippen LogP contribution is 2.35. The number of benzene rings is 2. The molecule has 1 atom stereocenters. The van der Waals surface area contributed by atoms with Crippen molar-refractivity contribution in [2.24, 2.45) is 0 Å². The Hall–Kier alpha value is -2.12. The maximum atomic E-state index is 13.7. The van der Waals surface area contributed by atoms with E-state index in [0.29, 0.717) is 18.6 Å². The topological polar surface area (TPSA) is 39.7 Å². The van der Waals surface area contributed by atoms with Crippen LogP contribution in [0.3, 0.4) is 0 Å². The summed E-state index contributed by atoms with van der Waals surface area (Å²) in [7, 11) is 0. The summed E-state index contributed by atoms with van der Waals surface area (Å²) in [5, 5.41) is 3.02. The first-order valence-electron chi connectivity index (χ1n) is 13.6. The molecule has 198 valence electrons. The van der Waals surface area contributed by atoms with Crippen molar-refractivity contribution < 1.29 is 4.79 Å². The molecule has 0 spiro atoms. The van der Waals surface area contributed by atoms with Crippen molar-refractivity contribution in [3.63, 3.8) is 0 Å². The van der Waals surface area contributed by atoms with Gasteiger partial charge < -0.3 is 9.80 Å². The highest BCUT2D eigenvalue weighted by Gasteiger charge is 2.40. The first-order chi connectivity index (χ1) is 18.0. The Morgan fingerprint density at radius 3 is 2.35 bits per heavy atom. The van der Waals surface area contributed by atoms with E-state index in [2.05, 4.69) is 57.2 Å². The molecular weight excluding hydrogens is 500 g/mol. The van der Waals surface area contributed by atoms with Crippen molar-refractivity contribution in [2.45, 2.75) is 76.5 Å². The number of fused-ring (bicyclic) bond motifs is 1. The van der Waals surface area contributed by atoms with Crippen LogP contribution in [0, 0.1) is 0 Å². The fourth-order valence-corrected chi connectivity index (χ4v) is 6.59. The van der Waals surface area contributed by atoms with Gasteiger partial charge in [-0.1, -0.05) is 37.6 Å². The van der Waals surface area contributed by atoms with E-state index < -0.39 is 0 Å². The van der Waals surface area contributed by atoms with Gasteiger partial charge in [0, 0.05) is 60.6 Å². The number of hydrogen-bond acceptors (Lipinski definition) is 5. The van der Waals surface area contributed by atoms with E-state index in [9.17, 15) is 4.79 Å². The molecule has 3 aromatic rings. The Labute approximate surface area is 231 Å². The number of nitrogens with zero attached hydrogens (tertiary/aromatic N) is 4. The van der Waals surface area contributed by atoms with Gasteiger partial charge in [-0.05, 0) is 97.8 Å². The van der Waals surface area contributed by atoms with Crippen LogP contribution < -0.4 is 0 Å². The van der Waals surface area contributed by atoms with E-state index >= 15 is 0 Å². The molecule has 5 nitrogen and oxygen atoms in total. The number of piperidine rings is 1. The first-order valence-corrected chi connectivity index (χ1v) is 14.7. The summed E-state index contributed by atoms with van der Waals surface area (Å²) in [5.41, 5.74) is 1.16. The minimum atomic E-state index is -0.128. The minimum Gasteiger partial charge on any atom is -0.338 e. The zero-order valence-corrected chi connectivity index (χ0v) is 24.0.